The third-order valence-corrected chi connectivity index (χ3v) is 3.31. The van der Waals surface area contributed by atoms with E-state index in [2.05, 4.69) is 5.32 Å². The Hall–Kier alpha value is -0.730. The summed E-state index contributed by atoms with van der Waals surface area (Å²) in [6, 6.07) is 5.31. The van der Waals surface area contributed by atoms with Crippen molar-refractivity contribution in [1.82, 2.24) is 5.32 Å². The van der Waals surface area contributed by atoms with E-state index >= 15 is 0 Å². The molecule has 0 spiro atoms. The van der Waals surface area contributed by atoms with E-state index in [1.165, 1.54) is 0 Å². The summed E-state index contributed by atoms with van der Waals surface area (Å²) in [5.74, 6) is 0.300. The molecule has 2 nitrogen and oxygen atoms in total. The van der Waals surface area contributed by atoms with Crippen LogP contribution in [0.1, 0.15) is 29.3 Å². The van der Waals surface area contributed by atoms with Gasteiger partial charge in [0.15, 0.2) is 0 Å². The summed E-state index contributed by atoms with van der Waals surface area (Å²) in [6.45, 7) is 3.82. The highest BCUT2D eigenvalue weighted by Crippen LogP contribution is 2.18. The number of hydrogen-bond donors (Lipinski definition) is 1. The van der Waals surface area contributed by atoms with Crippen LogP contribution in [0.2, 0.25) is 5.02 Å². The molecular weight excluding hydrogens is 245 g/mol. The molecule has 1 N–H and O–H groups in total. The molecule has 0 aliphatic heterocycles. The summed E-state index contributed by atoms with van der Waals surface area (Å²) in [7, 11) is 0. The molecule has 0 saturated carbocycles. The van der Waals surface area contributed by atoms with E-state index < -0.39 is 0 Å². The van der Waals surface area contributed by atoms with Crippen LogP contribution in [0.4, 0.5) is 0 Å². The molecule has 0 heterocycles. The highest BCUT2D eigenvalue weighted by Gasteiger charge is 2.14. The lowest BCUT2D eigenvalue weighted by atomic mass is 10.1. The first-order chi connectivity index (χ1) is 7.60. The van der Waals surface area contributed by atoms with Crippen LogP contribution in [0.15, 0.2) is 18.2 Å². The molecule has 0 saturated heterocycles. The van der Waals surface area contributed by atoms with Crippen molar-refractivity contribution < 1.29 is 4.79 Å². The Bertz CT molecular complexity index is 375. The molecule has 88 valence electrons. The van der Waals surface area contributed by atoms with Crippen molar-refractivity contribution in [2.75, 3.05) is 5.88 Å². The van der Waals surface area contributed by atoms with Crippen molar-refractivity contribution in [3.8, 4) is 0 Å². The van der Waals surface area contributed by atoms with Crippen molar-refractivity contribution >= 4 is 29.1 Å². The minimum Gasteiger partial charge on any atom is -0.348 e. The van der Waals surface area contributed by atoms with Crippen molar-refractivity contribution in [3.63, 3.8) is 0 Å². The maximum Gasteiger partial charge on any atom is 0.251 e. The minimum absolute atomic E-state index is 0.00699. The van der Waals surface area contributed by atoms with Crippen LogP contribution in [0, 0.1) is 6.92 Å². The van der Waals surface area contributed by atoms with Gasteiger partial charge in [0, 0.05) is 22.5 Å². The SMILES string of the molecule is CCC(CCl)NC(=O)c1cccc(Cl)c1C. The highest BCUT2D eigenvalue weighted by atomic mass is 35.5. The van der Waals surface area contributed by atoms with Crippen LogP contribution in [-0.4, -0.2) is 17.8 Å². The zero-order valence-corrected chi connectivity index (χ0v) is 10.9. The first-order valence-electron chi connectivity index (χ1n) is 5.22. The van der Waals surface area contributed by atoms with Gasteiger partial charge in [-0.3, -0.25) is 4.79 Å². The topological polar surface area (TPSA) is 29.1 Å². The first kappa shape index (κ1) is 13.3. The van der Waals surface area contributed by atoms with Gasteiger partial charge >= 0.3 is 0 Å². The van der Waals surface area contributed by atoms with E-state index in [-0.39, 0.29) is 11.9 Å². The van der Waals surface area contributed by atoms with Gasteiger partial charge in [0.05, 0.1) is 0 Å². The minimum atomic E-state index is -0.118. The molecule has 16 heavy (non-hydrogen) atoms. The van der Waals surface area contributed by atoms with Crippen LogP contribution in [-0.2, 0) is 0 Å². The van der Waals surface area contributed by atoms with Gasteiger partial charge < -0.3 is 5.32 Å². The van der Waals surface area contributed by atoms with Crippen LogP contribution in [0.25, 0.3) is 0 Å². The normalized spacial score (nSPS) is 12.2. The summed E-state index contributed by atoms with van der Waals surface area (Å²) >= 11 is 11.7. The van der Waals surface area contributed by atoms with E-state index in [1.54, 1.807) is 18.2 Å². The average molecular weight is 260 g/mol. The molecule has 0 aliphatic carbocycles. The molecule has 0 fully saturated rings. The molecule has 0 radical (unpaired) electrons. The second-order valence-corrected chi connectivity index (χ2v) is 4.36. The highest BCUT2D eigenvalue weighted by molar-refractivity contribution is 6.31. The Morgan fingerprint density at radius 3 is 2.75 bits per heavy atom. The molecule has 0 bridgehead atoms. The van der Waals surface area contributed by atoms with Crippen LogP contribution in [0.5, 0.6) is 0 Å². The Morgan fingerprint density at radius 1 is 1.50 bits per heavy atom. The van der Waals surface area contributed by atoms with Gasteiger partial charge in [0.25, 0.3) is 5.91 Å². The van der Waals surface area contributed by atoms with Gasteiger partial charge in [-0.1, -0.05) is 24.6 Å². The molecular formula is C12H15Cl2NO. The Balaban J connectivity index is 2.84. The van der Waals surface area contributed by atoms with Crippen LogP contribution < -0.4 is 5.32 Å². The number of carbonyl (C=O) groups is 1. The molecule has 1 atom stereocenters. The van der Waals surface area contributed by atoms with E-state index in [4.69, 9.17) is 23.2 Å². The van der Waals surface area contributed by atoms with E-state index in [9.17, 15) is 4.79 Å². The number of halogens is 2. The van der Waals surface area contributed by atoms with Gasteiger partial charge in [0.1, 0.15) is 0 Å². The number of amides is 1. The number of rotatable bonds is 4. The summed E-state index contributed by atoms with van der Waals surface area (Å²) in [4.78, 5) is 11.9. The quantitative estimate of drug-likeness (QED) is 0.826. The number of alkyl halides is 1. The second-order valence-electron chi connectivity index (χ2n) is 3.65. The molecule has 1 aromatic rings. The zero-order chi connectivity index (χ0) is 12.1. The van der Waals surface area contributed by atoms with Crippen LogP contribution >= 0.6 is 23.2 Å². The Labute approximate surface area is 106 Å². The predicted molar refractivity (Wildman–Crippen MR) is 68.5 cm³/mol. The fourth-order valence-electron chi connectivity index (χ4n) is 1.37. The fraction of sp³-hybridized carbons (Fsp3) is 0.417. The monoisotopic (exact) mass is 259 g/mol. The summed E-state index contributed by atoms with van der Waals surface area (Å²) in [5, 5.41) is 3.47. The Morgan fingerprint density at radius 2 is 2.19 bits per heavy atom. The maximum atomic E-state index is 11.9. The maximum absolute atomic E-state index is 11.9. The summed E-state index contributed by atoms with van der Waals surface area (Å²) in [5.41, 5.74) is 1.40. The smallest absolute Gasteiger partial charge is 0.251 e. The van der Waals surface area contributed by atoms with Crippen molar-refractivity contribution in [1.29, 1.82) is 0 Å². The van der Waals surface area contributed by atoms with Gasteiger partial charge in [0.2, 0.25) is 0 Å². The second kappa shape index (κ2) is 6.12. The molecule has 1 rings (SSSR count). The van der Waals surface area contributed by atoms with Crippen molar-refractivity contribution in [3.05, 3.63) is 34.3 Å². The number of carbonyl (C=O) groups excluding carboxylic acids is 1. The average Bonchev–Trinajstić information content (AvgIpc) is 2.29. The zero-order valence-electron chi connectivity index (χ0n) is 9.39. The first-order valence-corrected chi connectivity index (χ1v) is 6.13. The third kappa shape index (κ3) is 3.13. The number of benzene rings is 1. The lowest BCUT2D eigenvalue weighted by Gasteiger charge is -2.15. The number of hydrogen-bond acceptors (Lipinski definition) is 1. The van der Waals surface area contributed by atoms with E-state index in [0.29, 0.717) is 16.5 Å². The van der Waals surface area contributed by atoms with Gasteiger partial charge in [-0.15, -0.1) is 11.6 Å². The standard InChI is InChI=1S/C12H15Cl2NO/c1-3-9(7-13)15-12(16)10-5-4-6-11(14)8(10)2/h4-6,9H,3,7H2,1-2H3,(H,15,16). The fourth-order valence-corrected chi connectivity index (χ4v) is 1.84. The van der Waals surface area contributed by atoms with E-state index in [0.717, 1.165) is 12.0 Å². The van der Waals surface area contributed by atoms with Crippen molar-refractivity contribution in [2.45, 2.75) is 26.3 Å². The molecule has 1 amide bonds. The van der Waals surface area contributed by atoms with Gasteiger partial charge in [-0.05, 0) is 31.0 Å². The number of nitrogens with one attached hydrogen (secondary N) is 1. The van der Waals surface area contributed by atoms with Gasteiger partial charge in [-0.25, -0.2) is 0 Å². The van der Waals surface area contributed by atoms with Crippen LogP contribution in [0.3, 0.4) is 0 Å². The lowest BCUT2D eigenvalue weighted by Crippen LogP contribution is -2.35. The lowest BCUT2D eigenvalue weighted by molar-refractivity contribution is 0.0939. The summed E-state index contributed by atoms with van der Waals surface area (Å²) < 4.78 is 0. The molecule has 0 aliphatic rings. The van der Waals surface area contributed by atoms with E-state index in [1.807, 2.05) is 13.8 Å². The molecule has 1 aromatic carbocycles. The molecule has 1 unspecified atom stereocenters. The predicted octanol–water partition coefficient (Wildman–Crippen LogP) is 3.40. The Kier molecular flexibility index (Phi) is 5.10. The molecule has 0 aromatic heterocycles. The third-order valence-electron chi connectivity index (χ3n) is 2.53. The summed E-state index contributed by atoms with van der Waals surface area (Å²) in [6.07, 6.45) is 0.814. The largest absolute Gasteiger partial charge is 0.348 e. The molecule has 4 heteroatoms. The van der Waals surface area contributed by atoms with Crippen molar-refractivity contribution in [2.24, 2.45) is 0 Å². The van der Waals surface area contributed by atoms with Gasteiger partial charge in [-0.2, -0.15) is 0 Å².